The molecule has 4 rings (SSSR count). The maximum atomic E-state index is 13.4. The number of aromatic nitrogens is 1. The SMILES string of the molecule is CC(=O)NC(C(=O)N1CCCC1C(=O)NCc1ccc2c(N)nccc2c1)c1ccc(Cl)cc1. The summed E-state index contributed by atoms with van der Waals surface area (Å²) in [5.41, 5.74) is 7.44. The summed E-state index contributed by atoms with van der Waals surface area (Å²) < 4.78 is 0. The quantitative estimate of drug-likeness (QED) is 0.502. The number of nitrogens with one attached hydrogen (secondary N) is 2. The number of likely N-dealkylation sites (tertiary alicyclic amines) is 1. The number of nitrogen functional groups attached to an aromatic ring is 1. The Hall–Kier alpha value is -3.65. The first-order valence-electron chi connectivity index (χ1n) is 11.1. The number of carbonyl (C=O) groups is 3. The summed E-state index contributed by atoms with van der Waals surface area (Å²) >= 11 is 5.97. The molecule has 1 fully saturated rings. The van der Waals surface area contributed by atoms with E-state index in [2.05, 4.69) is 15.6 Å². The lowest BCUT2D eigenvalue weighted by atomic mass is 10.0. The van der Waals surface area contributed by atoms with Crippen molar-refractivity contribution in [1.82, 2.24) is 20.5 Å². The predicted molar refractivity (Wildman–Crippen MR) is 131 cm³/mol. The molecule has 2 aromatic carbocycles. The van der Waals surface area contributed by atoms with Gasteiger partial charge in [-0.1, -0.05) is 35.9 Å². The number of anilines is 1. The van der Waals surface area contributed by atoms with E-state index in [9.17, 15) is 14.4 Å². The average molecular weight is 480 g/mol. The number of amides is 3. The van der Waals surface area contributed by atoms with Gasteiger partial charge in [0.25, 0.3) is 0 Å². The van der Waals surface area contributed by atoms with Crippen LogP contribution >= 0.6 is 11.6 Å². The smallest absolute Gasteiger partial charge is 0.250 e. The maximum Gasteiger partial charge on any atom is 0.250 e. The highest BCUT2D eigenvalue weighted by Crippen LogP contribution is 2.25. The number of benzene rings is 2. The van der Waals surface area contributed by atoms with Crippen LogP contribution in [-0.2, 0) is 20.9 Å². The van der Waals surface area contributed by atoms with Crippen molar-refractivity contribution in [2.24, 2.45) is 0 Å². The van der Waals surface area contributed by atoms with Gasteiger partial charge in [0.15, 0.2) is 0 Å². The molecule has 0 radical (unpaired) electrons. The van der Waals surface area contributed by atoms with Crippen molar-refractivity contribution in [2.75, 3.05) is 12.3 Å². The van der Waals surface area contributed by atoms with Crippen molar-refractivity contribution in [3.8, 4) is 0 Å². The van der Waals surface area contributed by atoms with E-state index < -0.39 is 12.1 Å². The zero-order valence-electron chi connectivity index (χ0n) is 18.8. The summed E-state index contributed by atoms with van der Waals surface area (Å²) in [6.45, 7) is 2.13. The molecule has 2 atom stereocenters. The Balaban J connectivity index is 1.47. The van der Waals surface area contributed by atoms with Crippen molar-refractivity contribution in [3.63, 3.8) is 0 Å². The highest BCUT2D eigenvalue weighted by molar-refractivity contribution is 6.30. The fraction of sp³-hybridized carbons (Fsp3) is 0.280. The molecule has 4 N–H and O–H groups in total. The van der Waals surface area contributed by atoms with Crippen LogP contribution in [-0.4, -0.2) is 40.2 Å². The molecule has 0 saturated carbocycles. The van der Waals surface area contributed by atoms with Crippen molar-refractivity contribution < 1.29 is 14.4 Å². The maximum absolute atomic E-state index is 13.4. The molecule has 3 amide bonds. The van der Waals surface area contributed by atoms with Gasteiger partial charge in [0.2, 0.25) is 17.7 Å². The molecule has 0 bridgehead atoms. The molecular formula is C25H26ClN5O3. The predicted octanol–water partition coefficient (Wildman–Crippen LogP) is 2.96. The third-order valence-electron chi connectivity index (χ3n) is 5.96. The molecule has 2 heterocycles. The first-order valence-corrected chi connectivity index (χ1v) is 11.4. The van der Waals surface area contributed by atoms with Crippen LogP contribution in [0.3, 0.4) is 0 Å². The van der Waals surface area contributed by atoms with Gasteiger partial charge >= 0.3 is 0 Å². The molecule has 1 aliphatic heterocycles. The first kappa shape index (κ1) is 23.5. The number of hydrogen-bond acceptors (Lipinski definition) is 5. The van der Waals surface area contributed by atoms with Gasteiger partial charge in [-0.2, -0.15) is 0 Å². The molecule has 9 heteroatoms. The second kappa shape index (κ2) is 10.1. The Morgan fingerprint density at radius 3 is 2.68 bits per heavy atom. The second-order valence-electron chi connectivity index (χ2n) is 8.34. The van der Waals surface area contributed by atoms with Crippen LogP contribution in [0.5, 0.6) is 0 Å². The van der Waals surface area contributed by atoms with Gasteiger partial charge in [-0.25, -0.2) is 4.98 Å². The van der Waals surface area contributed by atoms with E-state index in [1.807, 2.05) is 24.3 Å². The standard InChI is InChI=1S/C25H26ClN5O3/c1-15(32)30-22(17-5-7-19(26)8-6-17)25(34)31-12-2-3-21(31)24(33)29-14-16-4-9-20-18(13-16)10-11-28-23(20)27/h4-11,13,21-22H,2-3,12,14H2,1H3,(H2,27,28)(H,29,33)(H,30,32). The van der Waals surface area contributed by atoms with Crippen LogP contribution in [0.2, 0.25) is 5.02 Å². The van der Waals surface area contributed by atoms with E-state index in [1.54, 1.807) is 35.4 Å². The number of nitrogens with zero attached hydrogens (tertiary/aromatic N) is 2. The van der Waals surface area contributed by atoms with E-state index in [0.717, 1.165) is 16.3 Å². The van der Waals surface area contributed by atoms with Gasteiger partial charge in [0, 0.05) is 36.6 Å². The summed E-state index contributed by atoms with van der Waals surface area (Å²) in [5, 5.41) is 7.99. The zero-order chi connectivity index (χ0) is 24.2. The van der Waals surface area contributed by atoms with Gasteiger partial charge in [-0.15, -0.1) is 0 Å². The Morgan fingerprint density at radius 2 is 1.94 bits per heavy atom. The molecule has 34 heavy (non-hydrogen) atoms. The largest absolute Gasteiger partial charge is 0.383 e. The van der Waals surface area contributed by atoms with E-state index in [1.165, 1.54) is 6.92 Å². The monoisotopic (exact) mass is 479 g/mol. The van der Waals surface area contributed by atoms with Crippen molar-refractivity contribution in [3.05, 3.63) is 70.9 Å². The topological polar surface area (TPSA) is 117 Å². The van der Waals surface area contributed by atoms with Gasteiger partial charge < -0.3 is 21.3 Å². The number of halogens is 1. The molecule has 1 saturated heterocycles. The Bertz CT molecular complexity index is 1230. The normalized spacial score (nSPS) is 16.3. The number of hydrogen-bond donors (Lipinski definition) is 3. The van der Waals surface area contributed by atoms with Crippen LogP contribution in [0.4, 0.5) is 5.82 Å². The highest BCUT2D eigenvalue weighted by atomic mass is 35.5. The van der Waals surface area contributed by atoms with Crippen molar-refractivity contribution in [1.29, 1.82) is 0 Å². The lowest BCUT2D eigenvalue weighted by Gasteiger charge is -2.29. The molecule has 1 aliphatic rings. The van der Waals surface area contributed by atoms with Crippen molar-refractivity contribution >= 4 is 45.9 Å². The van der Waals surface area contributed by atoms with Crippen LogP contribution in [0, 0.1) is 0 Å². The molecule has 8 nitrogen and oxygen atoms in total. The molecule has 0 aliphatic carbocycles. The Kier molecular flexibility index (Phi) is 6.98. The number of carbonyl (C=O) groups excluding carboxylic acids is 3. The minimum Gasteiger partial charge on any atom is -0.383 e. The average Bonchev–Trinajstić information content (AvgIpc) is 3.31. The molecular weight excluding hydrogens is 454 g/mol. The van der Waals surface area contributed by atoms with Crippen LogP contribution in [0.15, 0.2) is 54.7 Å². The summed E-state index contributed by atoms with van der Waals surface area (Å²) in [7, 11) is 0. The third-order valence-corrected chi connectivity index (χ3v) is 6.21. The number of pyridine rings is 1. The van der Waals surface area contributed by atoms with Gasteiger partial charge in [-0.3, -0.25) is 14.4 Å². The number of fused-ring (bicyclic) bond motifs is 1. The minimum atomic E-state index is -0.886. The van der Waals surface area contributed by atoms with E-state index in [4.69, 9.17) is 17.3 Å². The van der Waals surface area contributed by atoms with Gasteiger partial charge in [0.05, 0.1) is 0 Å². The van der Waals surface area contributed by atoms with Crippen molar-refractivity contribution in [2.45, 2.75) is 38.4 Å². The number of nitrogens with two attached hydrogens (primary N) is 1. The molecule has 176 valence electrons. The van der Waals surface area contributed by atoms with E-state index >= 15 is 0 Å². The van der Waals surface area contributed by atoms with Gasteiger partial charge in [0.1, 0.15) is 17.9 Å². The van der Waals surface area contributed by atoms with Crippen LogP contribution in [0.1, 0.15) is 36.9 Å². The summed E-state index contributed by atoms with van der Waals surface area (Å²) in [4.78, 5) is 43.9. The summed E-state index contributed by atoms with van der Waals surface area (Å²) in [5.74, 6) is -0.412. The lowest BCUT2D eigenvalue weighted by Crippen LogP contribution is -2.49. The number of rotatable bonds is 6. The van der Waals surface area contributed by atoms with Gasteiger partial charge in [-0.05, 0) is 53.6 Å². The molecule has 1 aromatic heterocycles. The summed E-state index contributed by atoms with van der Waals surface area (Å²) in [6, 6.07) is 12.9. The first-order chi connectivity index (χ1) is 16.3. The zero-order valence-corrected chi connectivity index (χ0v) is 19.5. The minimum absolute atomic E-state index is 0.224. The van der Waals surface area contributed by atoms with Crippen LogP contribution < -0.4 is 16.4 Å². The summed E-state index contributed by atoms with van der Waals surface area (Å²) in [6.07, 6.45) is 2.92. The third kappa shape index (κ3) is 5.12. The molecule has 0 spiro atoms. The highest BCUT2D eigenvalue weighted by Gasteiger charge is 2.37. The molecule has 2 unspecified atom stereocenters. The molecule has 3 aromatic rings. The van der Waals surface area contributed by atoms with Crippen LogP contribution in [0.25, 0.3) is 10.8 Å². The Morgan fingerprint density at radius 1 is 1.18 bits per heavy atom. The fourth-order valence-electron chi connectivity index (χ4n) is 4.28. The fourth-order valence-corrected chi connectivity index (χ4v) is 4.41. The van der Waals surface area contributed by atoms with E-state index in [0.29, 0.717) is 42.3 Å². The Labute approximate surface area is 202 Å². The second-order valence-corrected chi connectivity index (χ2v) is 8.78. The lowest BCUT2D eigenvalue weighted by molar-refractivity contribution is -0.141. The van der Waals surface area contributed by atoms with E-state index in [-0.39, 0.29) is 17.7 Å².